The van der Waals surface area contributed by atoms with Gasteiger partial charge in [-0.3, -0.25) is 0 Å². The number of aromatic nitrogens is 2. The second kappa shape index (κ2) is 7.72. The third-order valence-electron chi connectivity index (χ3n) is 5.59. The van der Waals surface area contributed by atoms with Crippen LogP contribution in [0.5, 0.6) is 0 Å². The van der Waals surface area contributed by atoms with Crippen molar-refractivity contribution in [1.29, 1.82) is 0 Å². The van der Waals surface area contributed by atoms with Crippen molar-refractivity contribution in [2.45, 2.75) is 32.1 Å². The van der Waals surface area contributed by atoms with Gasteiger partial charge >= 0.3 is 0 Å². The molecule has 3 aromatic rings. The van der Waals surface area contributed by atoms with E-state index in [0.29, 0.717) is 24.5 Å². The maximum absolute atomic E-state index is 13.3. The van der Waals surface area contributed by atoms with Crippen molar-refractivity contribution in [3.05, 3.63) is 59.5 Å². The Morgan fingerprint density at radius 2 is 1.62 bits per heavy atom. The van der Waals surface area contributed by atoms with Gasteiger partial charge in [0.25, 0.3) is 0 Å². The molecular weight excluding hydrogens is 384 g/mol. The first-order valence-corrected chi connectivity index (χ1v) is 11.4. The summed E-state index contributed by atoms with van der Waals surface area (Å²) in [5.41, 5.74) is 2.03. The highest BCUT2D eigenvalue weighted by molar-refractivity contribution is 7.89. The van der Waals surface area contributed by atoms with Crippen molar-refractivity contribution in [2.24, 2.45) is 0 Å². The molecule has 0 unspecified atom stereocenters. The second-order valence-corrected chi connectivity index (χ2v) is 9.50. The minimum Gasteiger partial charge on any atom is -0.355 e. The molecule has 1 aromatic heterocycles. The molecule has 4 rings (SSSR count). The summed E-state index contributed by atoms with van der Waals surface area (Å²) in [6, 6.07) is 13.2. The maximum atomic E-state index is 13.3. The predicted molar refractivity (Wildman–Crippen MR) is 116 cm³/mol. The number of rotatable bonds is 3. The lowest BCUT2D eigenvalue weighted by Crippen LogP contribution is -2.35. The molecule has 29 heavy (non-hydrogen) atoms. The second-order valence-electron chi connectivity index (χ2n) is 7.56. The Morgan fingerprint density at radius 1 is 0.862 bits per heavy atom. The average Bonchev–Trinajstić information content (AvgIpc) is 2.97. The van der Waals surface area contributed by atoms with E-state index in [1.165, 1.54) is 0 Å². The summed E-state index contributed by atoms with van der Waals surface area (Å²) < 4.78 is 28.2. The molecule has 1 saturated heterocycles. The van der Waals surface area contributed by atoms with E-state index >= 15 is 0 Å². The van der Waals surface area contributed by atoms with Gasteiger partial charge in [-0.15, -0.1) is 0 Å². The number of aryl methyl sites for hydroxylation is 2. The van der Waals surface area contributed by atoms with Crippen molar-refractivity contribution in [3.8, 4) is 0 Å². The highest BCUT2D eigenvalue weighted by atomic mass is 32.2. The first-order valence-electron chi connectivity index (χ1n) is 9.92. The average molecular weight is 411 g/mol. The SMILES string of the molecule is Cc1nc(C)c(C)c(N2CCCN(S(=O)(=O)c3ccc4ccccc4c3)CC2)n1. The van der Waals surface area contributed by atoms with Crippen LogP contribution in [0, 0.1) is 20.8 Å². The van der Waals surface area contributed by atoms with Crippen LogP contribution in [0.15, 0.2) is 47.4 Å². The first-order chi connectivity index (χ1) is 13.9. The van der Waals surface area contributed by atoms with Crippen LogP contribution in [-0.4, -0.2) is 48.9 Å². The fourth-order valence-electron chi connectivity index (χ4n) is 3.88. The van der Waals surface area contributed by atoms with E-state index in [1.807, 2.05) is 51.1 Å². The molecule has 0 atom stereocenters. The lowest BCUT2D eigenvalue weighted by molar-refractivity contribution is 0.433. The molecule has 0 N–H and O–H groups in total. The summed E-state index contributed by atoms with van der Waals surface area (Å²) in [6.07, 6.45) is 0.758. The minimum atomic E-state index is -3.53. The van der Waals surface area contributed by atoms with Crippen molar-refractivity contribution in [3.63, 3.8) is 0 Å². The van der Waals surface area contributed by atoms with Gasteiger partial charge in [0.05, 0.1) is 4.90 Å². The molecular formula is C22H26N4O2S. The summed E-state index contributed by atoms with van der Waals surface area (Å²) in [7, 11) is -3.53. The third kappa shape index (κ3) is 3.84. The van der Waals surface area contributed by atoms with Gasteiger partial charge in [-0.2, -0.15) is 4.31 Å². The monoisotopic (exact) mass is 410 g/mol. The quantitative estimate of drug-likeness (QED) is 0.662. The zero-order chi connectivity index (χ0) is 20.6. The van der Waals surface area contributed by atoms with Crippen molar-refractivity contribution < 1.29 is 8.42 Å². The number of hydrogen-bond donors (Lipinski definition) is 0. The largest absolute Gasteiger partial charge is 0.355 e. The van der Waals surface area contributed by atoms with Gasteiger partial charge in [0.2, 0.25) is 10.0 Å². The van der Waals surface area contributed by atoms with Gasteiger partial charge in [-0.1, -0.05) is 30.3 Å². The Kier molecular flexibility index (Phi) is 5.27. The summed E-state index contributed by atoms with van der Waals surface area (Å²) in [5, 5.41) is 1.98. The van der Waals surface area contributed by atoms with Crippen LogP contribution in [0.2, 0.25) is 0 Å². The molecule has 2 heterocycles. The molecule has 0 amide bonds. The summed E-state index contributed by atoms with van der Waals surface area (Å²) in [4.78, 5) is 11.6. The van der Waals surface area contributed by atoms with Crippen LogP contribution in [0.25, 0.3) is 10.8 Å². The van der Waals surface area contributed by atoms with E-state index in [0.717, 1.165) is 46.6 Å². The molecule has 6 nitrogen and oxygen atoms in total. The highest BCUT2D eigenvalue weighted by Gasteiger charge is 2.28. The number of anilines is 1. The Balaban J connectivity index is 1.59. The zero-order valence-electron chi connectivity index (χ0n) is 17.1. The van der Waals surface area contributed by atoms with E-state index in [-0.39, 0.29) is 0 Å². The summed E-state index contributed by atoms with van der Waals surface area (Å²) >= 11 is 0. The van der Waals surface area contributed by atoms with Crippen molar-refractivity contribution >= 4 is 26.6 Å². The van der Waals surface area contributed by atoms with Crippen molar-refractivity contribution in [1.82, 2.24) is 14.3 Å². The van der Waals surface area contributed by atoms with Gasteiger partial charge in [0.15, 0.2) is 0 Å². The number of sulfonamides is 1. The summed E-state index contributed by atoms with van der Waals surface area (Å²) in [6.45, 7) is 8.25. The number of nitrogens with zero attached hydrogens (tertiary/aromatic N) is 4. The molecule has 0 spiro atoms. The van der Waals surface area contributed by atoms with Crippen LogP contribution < -0.4 is 4.90 Å². The van der Waals surface area contributed by atoms with E-state index in [4.69, 9.17) is 0 Å². The van der Waals surface area contributed by atoms with Gasteiger partial charge < -0.3 is 4.90 Å². The van der Waals surface area contributed by atoms with Gasteiger partial charge in [0.1, 0.15) is 11.6 Å². The molecule has 0 aliphatic carbocycles. The maximum Gasteiger partial charge on any atom is 0.243 e. The lowest BCUT2D eigenvalue weighted by atomic mass is 10.1. The lowest BCUT2D eigenvalue weighted by Gasteiger charge is -2.25. The minimum absolute atomic E-state index is 0.356. The fraction of sp³-hybridized carbons (Fsp3) is 0.364. The summed E-state index contributed by atoms with van der Waals surface area (Å²) in [5.74, 6) is 1.66. The van der Waals surface area contributed by atoms with Gasteiger partial charge in [0, 0.05) is 37.4 Å². The standard InChI is InChI=1S/C22H26N4O2S/c1-16-17(2)23-18(3)24-22(16)25-11-6-12-26(14-13-25)29(27,28)21-10-9-19-7-4-5-8-20(19)15-21/h4-5,7-10,15H,6,11-14H2,1-3H3. The van der Waals surface area contributed by atoms with Crippen LogP contribution in [0.1, 0.15) is 23.5 Å². The third-order valence-corrected chi connectivity index (χ3v) is 7.48. The van der Waals surface area contributed by atoms with Crippen molar-refractivity contribution in [2.75, 3.05) is 31.1 Å². The van der Waals surface area contributed by atoms with Crippen LogP contribution >= 0.6 is 0 Å². The number of fused-ring (bicyclic) bond motifs is 1. The molecule has 7 heteroatoms. The van der Waals surface area contributed by atoms with E-state index in [1.54, 1.807) is 16.4 Å². The molecule has 152 valence electrons. The Bertz CT molecular complexity index is 1160. The molecule has 0 radical (unpaired) electrons. The molecule has 1 aliphatic heterocycles. The van der Waals surface area contributed by atoms with E-state index in [2.05, 4.69) is 14.9 Å². The Labute approximate surface area is 172 Å². The fourth-order valence-corrected chi connectivity index (χ4v) is 5.39. The predicted octanol–water partition coefficient (Wildman–Crippen LogP) is 3.46. The smallest absolute Gasteiger partial charge is 0.243 e. The molecule has 0 saturated carbocycles. The number of benzene rings is 2. The Hall–Kier alpha value is -2.51. The van der Waals surface area contributed by atoms with E-state index in [9.17, 15) is 8.42 Å². The Morgan fingerprint density at radius 3 is 2.41 bits per heavy atom. The van der Waals surface area contributed by atoms with E-state index < -0.39 is 10.0 Å². The van der Waals surface area contributed by atoms with Crippen LogP contribution in [-0.2, 0) is 10.0 Å². The zero-order valence-corrected chi connectivity index (χ0v) is 17.9. The van der Waals surface area contributed by atoms with Crippen LogP contribution in [0.3, 0.4) is 0 Å². The van der Waals surface area contributed by atoms with Gasteiger partial charge in [-0.25, -0.2) is 18.4 Å². The highest BCUT2D eigenvalue weighted by Crippen LogP contribution is 2.25. The molecule has 2 aromatic carbocycles. The normalized spacial score (nSPS) is 16.2. The number of hydrogen-bond acceptors (Lipinski definition) is 5. The topological polar surface area (TPSA) is 66.4 Å². The van der Waals surface area contributed by atoms with Crippen LogP contribution in [0.4, 0.5) is 5.82 Å². The molecule has 1 fully saturated rings. The first kappa shape index (κ1) is 19.8. The molecule has 0 bridgehead atoms. The van der Waals surface area contributed by atoms with Gasteiger partial charge in [-0.05, 0) is 50.1 Å². The molecule has 1 aliphatic rings.